The van der Waals surface area contributed by atoms with E-state index < -0.39 is 0 Å². The number of amides is 1. The minimum Gasteiger partial charge on any atom is -0.460 e. The lowest BCUT2D eigenvalue weighted by Crippen LogP contribution is -2.28. The van der Waals surface area contributed by atoms with Crippen LogP contribution in [0.1, 0.15) is 20.8 Å². The molecule has 0 radical (unpaired) electrons. The summed E-state index contributed by atoms with van der Waals surface area (Å²) in [6.45, 7) is 6.13. The van der Waals surface area contributed by atoms with Crippen LogP contribution in [0.5, 0.6) is 0 Å². The Morgan fingerprint density at radius 2 is 1.92 bits per heavy atom. The maximum Gasteiger partial charge on any atom is 0.302 e. The molecule has 1 amide bonds. The summed E-state index contributed by atoms with van der Waals surface area (Å²) < 4.78 is 5.07. The largest absolute Gasteiger partial charge is 0.460 e. The molecule has 1 aliphatic heterocycles. The molecule has 0 spiro atoms. The van der Waals surface area contributed by atoms with E-state index in [1.165, 1.54) is 13.8 Å². The van der Waals surface area contributed by atoms with Crippen molar-refractivity contribution >= 4 is 11.9 Å². The number of hydrogen-bond acceptors (Lipinski definition) is 3. The molecule has 1 aliphatic rings. The molecule has 74 valence electrons. The topological polar surface area (TPSA) is 46.6 Å². The summed E-state index contributed by atoms with van der Waals surface area (Å²) in [5.74, 6) is 0.0107. The van der Waals surface area contributed by atoms with E-state index in [1.807, 2.05) is 6.92 Å². The number of carbonyl (C=O) groups excluding carboxylic acids is 2. The fourth-order valence-corrected chi connectivity index (χ4v) is 1.56. The highest BCUT2D eigenvalue weighted by atomic mass is 16.5. The number of rotatable bonds is 1. The molecule has 2 unspecified atom stereocenters. The zero-order valence-corrected chi connectivity index (χ0v) is 8.24. The average Bonchev–Trinajstić information content (AvgIpc) is 2.31. The molecule has 1 rings (SSSR count). The summed E-state index contributed by atoms with van der Waals surface area (Å²) in [6, 6.07) is 0. The second-order valence-corrected chi connectivity index (χ2v) is 3.55. The van der Waals surface area contributed by atoms with Crippen LogP contribution in [-0.2, 0) is 14.3 Å². The van der Waals surface area contributed by atoms with Crippen LogP contribution in [-0.4, -0.2) is 36.0 Å². The standard InChI is InChI=1S/C9H15NO3/c1-6-4-10(7(2)11)5-9(6)13-8(3)12/h6,9H,4-5H2,1-3H3. The van der Waals surface area contributed by atoms with Gasteiger partial charge in [-0.25, -0.2) is 0 Å². The van der Waals surface area contributed by atoms with Gasteiger partial charge in [-0.05, 0) is 0 Å². The lowest BCUT2D eigenvalue weighted by atomic mass is 10.1. The summed E-state index contributed by atoms with van der Waals surface area (Å²) in [6.07, 6.45) is -0.124. The Morgan fingerprint density at radius 3 is 2.31 bits per heavy atom. The highest BCUT2D eigenvalue weighted by Crippen LogP contribution is 2.19. The summed E-state index contributed by atoms with van der Waals surface area (Å²) in [4.78, 5) is 23.4. The maximum atomic E-state index is 11.0. The fraction of sp³-hybridized carbons (Fsp3) is 0.778. The molecule has 1 saturated heterocycles. The van der Waals surface area contributed by atoms with Gasteiger partial charge in [0.25, 0.3) is 0 Å². The second kappa shape index (κ2) is 3.77. The third-order valence-electron chi connectivity index (χ3n) is 2.31. The first-order valence-electron chi connectivity index (χ1n) is 4.43. The van der Waals surface area contributed by atoms with E-state index in [2.05, 4.69) is 0 Å². The lowest BCUT2D eigenvalue weighted by Gasteiger charge is -2.14. The van der Waals surface area contributed by atoms with E-state index in [4.69, 9.17) is 4.74 Å². The van der Waals surface area contributed by atoms with E-state index in [-0.39, 0.29) is 23.9 Å². The van der Waals surface area contributed by atoms with E-state index in [0.29, 0.717) is 13.1 Å². The summed E-state index contributed by atoms with van der Waals surface area (Å²) in [5.41, 5.74) is 0. The first-order valence-corrected chi connectivity index (χ1v) is 4.43. The summed E-state index contributed by atoms with van der Waals surface area (Å²) >= 11 is 0. The Bertz CT molecular complexity index is 227. The van der Waals surface area contributed by atoms with Crippen molar-refractivity contribution < 1.29 is 14.3 Å². The fourth-order valence-electron chi connectivity index (χ4n) is 1.56. The molecule has 0 aromatic carbocycles. The smallest absolute Gasteiger partial charge is 0.302 e. The van der Waals surface area contributed by atoms with Gasteiger partial charge in [0.15, 0.2) is 0 Å². The number of carbonyl (C=O) groups is 2. The summed E-state index contributed by atoms with van der Waals surface area (Å²) in [5, 5.41) is 0. The van der Waals surface area contributed by atoms with E-state index in [1.54, 1.807) is 4.90 Å². The molecule has 0 saturated carbocycles. The molecule has 2 atom stereocenters. The molecule has 1 heterocycles. The second-order valence-electron chi connectivity index (χ2n) is 3.55. The van der Waals surface area contributed by atoms with E-state index >= 15 is 0 Å². The minimum absolute atomic E-state index is 0.0431. The van der Waals surface area contributed by atoms with Crippen LogP contribution in [0.3, 0.4) is 0 Å². The van der Waals surface area contributed by atoms with Gasteiger partial charge < -0.3 is 9.64 Å². The summed E-state index contributed by atoms with van der Waals surface area (Å²) in [7, 11) is 0. The zero-order chi connectivity index (χ0) is 10.0. The molecule has 0 aromatic heterocycles. The Balaban J connectivity index is 2.51. The maximum absolute atomic E-state index is 11.0. The molecule has 4 heteroatoms. The number of hydrogen-bond donors (Lipinski definition) is 0. The molecule has 13 heavy (non-hydrogen) atoms. The van der Waals surface area contributed by atoms with Gasteiger partial charge in [-0.3, -0.25) is 9.59 Å². The van der Waals surface area contributed by atoms with Crippen molar-refractivity contribution in [3.05, 3.63) is 0 Å². The van der Waals surface area contributed by atoms with Crippen molar-refractivity contribution in [1.29, 1.82) is 0 Å². The van der Waals surface area contributed by atoms with Crippen molar-refractivity contribution in [2.75, 3.05) is 13.1 Å². The van der Waals surface area contributed by atoms with E-state index in [9.17, 15) is 9.59 Å². The van der Waals surface area contributed by atoms with Crippen LogP contribution in [0.15, 0.2) is 0 Å². The van der Waals surface area contributed by atoms with Crippen molar-refractivity contribution in [2.45, 2.75) is 26.9 Å². The predicted molar refractivity (Wildman–Crippen MR) is 47.0 cm³/mol. The molecule has 0 aliphatic carbocycles. The molecular weight excluding hydrogens is 170 g/mol. The van der Waals surface area contributed by atoms with Gasteiger partial charge in [0.1, 0.15) is 6.10 Å². The normalized spacial score (nSPS) is 27.5. The predicted octanol–water partition coefficient (Wildman–Crippen LogP) is 0.416. The molecule has 0 bridgehead atoms. The van der Waals surface area contributed by atoms with Crippen LogP contribution in [0, 0.1) is 5.92 Å². The molecular formula is C9H15NO3. The van der Waals surface area contributed by atoms with E-state index in [0.717, 1.165) is 0 Å². The van der Waals surface area contributed by atoms with Gasteiger partial charge in [0.05, 0.1) is 6.54 Å². The third kappa shape index (κ3) is 2.44. The third-order valence-corrected chi connectivity index (χ3v) is 2.31. The highest BCUT2D eigenvalue weighted by molar-refractivity contribution is 5.73. The van der Waals surface area contributed by atoms with Crippen LogP contribution < -0.4 is 0 Å². The van der Waals surface area contributed by atoms with Crippen molar-refractivity contribution in [3.8, 4) is 0 Å². The first kappa shape index (κ1) is 10.0. The average molecular weight is 185 g/mol. The van der Waals surface area contributed by atoms with Gasteiger partial charge in [0.2, 0.25) is 5.91 Å². The van der Waals surface area contributed by atoms with Crippen LogP contribution in [0.25, 0.3) is 0 Å². The van der Waals surface area contributed by atoms with Crippen LogP contribution in [0.2, 0.25) is 0 Å². The molecule has 0 N–H and O–H groups in total. The Labute approximate surface area is 77.8 Å². The van der Waals surface area contributed by atoms with Crippen molar-refractivity contribution in [1.82, 2.24) is 4.90 Å². The highest BCUT2D eigenvalue weighted by Gasteiger charge is 2.32. The zero-order valence-electron chi connectivity index (χ0n) is 8.24. The number of ether oxygens (including phenoxy) is 1. The SMILES string of the molecule is CC(=O)OC1CN(C(C)=O)CC1C. The Hall–Kier alpha value is -1.06. The molecule has 4 nitrogen and oxygen atoms in total. The Kier molecular flexibility index (Phi) is 2.90. The van der Waals surface area contributed by atoms with Crippen molar-refractivity contribution in [3.63, 3.8) is 0 Å². The van der Waals surface area contributed by atoms with Crippen molar-refractivity contribution in [2.24, 2.45) is 5.92 Å². The molecule has 0 aromatic rings. The van der Waals surface area contributed by atoms with Crippen LogP contribution >= 0.6 is 0 Å². The number of nitrogens with zero attached hydrogens (tertiary/aromatic N) is 1. The van der Waals surface area contributed by atoms with Gasteiger partial charge in [-0.2, -0.15) is 0 Å². The monoisotopic (exact) mass is 185 g/mol. The minimum atomic E-state index is -0.276. The van der Waals surface area contributed by atoms with Gasteiger partial charge >= 0.3 is 5.97 Å². The number of likely N-dealkylation sites (tertiary alicyclic amines) is 1. The quantitative estimate of drug-likeness (QED) is 0.556. The van der Waals surface area contributed by atoms with Gasteiger partial charge in [0, 0.05) is 26.3 Å². The lowest BCUT2D eigenvalue weighted by molar-refractivity contribution is -0.147. The Morgan fingerprint density at radius 1 is 1.31 bits per heavy atom. The van der Waals surface area contributed by atoms with Gasteiger partial charge in [-0.15, -0.1) is 0 Å². The molecule has 1 fully saturated rings. The van der Waals surface area contributed by atoms with Crippen LogP contribution in [0.4, 0.5) is 0 Å². The van der Waals surface area contributed by atoms with Gasteiger partial charge in [-0.1, -0.05) is 6.92 Å². The number of esters is 1. The first-order chi connectivity index (χ1) is 6.00.